The monoisotopic (exact) mass is 440 g/mol. The van der Waals surface area contributed by atoms with E-state index in [1.165, 1.54) is 38.8 Å². The molecule has 2 aromatic heterocycles. The van der Waals surface area contributed by atoms with E-state index >= 15 is 0 Å². The van der Waals surface area contributed by atoms with Gasteiger partial charge in [0.2, 0.25) is 5.91 Å². The number of hydrogen-bond acceptors (Lipinski definition) is 6. The maximum absolute atomic E-state index is 13.0. The predicted octanol–water partition coefficient (Wildman–Crippen LogP) is 2.41. The summed E-state index contributed by atoms with van der Waals surface area (Å²) in [6.07, 6.45) is 9.50. The van der Waals surface area contributed by atoms with Crippen molar-refractivity contribution in [3.8, 4) is 0 Å². The van der Waals surface area contributed by atoms with E-state index in [4.69, 9.17) is 0 Å². The van der Waals surface area contributed by atoms with Crippen LogP contribution in [-0.2, 0) is 11.3 Å². The number of carbonyl (C=O) groups excluding carboxylic acids is 1. The van der Waals surface area contributed by atoms with Crippen LogP contribution < -0.4 is 15.8 Å². The molecule has 32 heavy (non-hydrogen) atoms. The standard InChI is InChI=1S/C24H36N6O2/c1-2-30-21-20(9-7-12-25-21)27-22(24(30)32)29-17-10-19(11-18-29)23(31)26-13-8-16-28-14-5-3-4-6-15-28/h7,9,12,19H,2-6,8,10-11,13-18H2,1H3,(H,26,31). The summed E-state index contributed by atoms with van der Waals surface area (Å²) in [6.45, 7) is 8.06. The molecule has 1 N–H and O–H groups in total. The first-order valence-corrected chi connectivity index (χ1v) is 12.3. The lowest BCUT2D eigenvalue weighted by Crippen LogP contribution is -2.43. The second kappa shape index (κ2) is 10.9. The molecule has 0 atom stereocenters. The minimum absolute atomic E-state index is 0.0139. The number of anilines is 1. The third-order valence-corrected chi connectivity index (χ3v) is 6.82. The van der Waals surface area contributed by atoms with Crippen molar-refractivity contribution in [1.82, 2.24) is 24.8 Å². The Morgan fingerprint density at radius 2 is 1.88 bits per heavy atom. The fourth-order valence-electron chi connectivity index (χ4n) is 4.93. The molecule has 4 rings (SSSR count). The number of amides is 1. The Balaban J connectivity index is 1.28. The van der Waals surface area contributed by atoms with Gasteiger partial charge in [-0.1, -0.05) is 12.8 Å². The molecule has 0 bridgehead atoms. The van der Waals surface area contributed by atoms with Crippen LogP contribution in [-0.4, -0.2) is 64.6 Å². The molecule has 0 radical (unpaired) electrons. The van der Waals surface area contributed by atoms with Crippen LogP contribution in [0.15, 0.2) is 23.1 Å². The van der Waals surface area contributed by atoms with E-state index in [-0.39, 0.29) is 17.4 Å². The van der Waals surface area contributed by atoms with Crippen molar-refractivity contribution in [3.63, 3.8) is 0 Å². The molecule has 0 unspecified atom stereocenters. The number of pyridine rings is 1. The number of nitrogens with one attached hydrogen (secondary N) is 1. The molecule has 0 saturated carbocycles. The number of carbonyl (C=O) groups is 1. The van der Waals surface area contributed by atoms with Crippen molar-refractivity contribution in [3.05, 3.63) is 28.7 Å². The lowest BCUT2D eigenvalue weighted by atomic mass is 9.96. The molecule has 8 heteroatoms. The van der Waals surface area contributed by atoms with Crippen molar-refractivity contribution in [1.29, 1.82) is 0 Å². The number of aryl methyl sites for hydroxylation is 1. The zero-order valence-electron chi connectivity index (χ0n) is 19.3. The van der Waals surface area contributed by atoms with Crippen molar-refractivity contribution >= 4 is 22.9 Å². The second-order valence-electron chi connectivity index (χ2n) is 8.99. The first-order chi connectivity index (χ1) is 15.7. The van der Waals surface area contributed by atoms with Crippen molar-refractivity contribution < 1.29 is 4.79 Å². The maximum Gasteiger partial charge on any atom is 0.295 e. The highest BCUT2D eigenvalue weighted by Crippen LogP contribution is 2.21. The fraction of sp³-hybridized carbons (Fsp3) is 0.667. The van der Waals surface area contributed by atoms with Crippen LogP contribution in [0.4, 0.5) is 5.82 Å². The molecule has 174 valence electrons. The third-order valence-electron chi connectivity index (χ3n) is 6.82. The van der Waals surface area contributed by atoms with Gasteiger partial charge >= 0.3 is 0 Å². The lowest BCUT2D eigenvalue weighted by Gasteiger charge is -2.32. The molecule has 2 fully saturated rings. The van der Waals surface area contributed by atoms with Crippen molar-refractivity contribution in [2.75, 3.05) is 44.2 Å². The van der Waals surface area contributed by atoms with E-state index in [1.807, 2.05) is 24.0 Å². The summed E-state index contributed by atoms with van der Waals surface area (Å²) in [5.74, 6) is 0.644. The fourth-order valence-corrected chi connectivity index (χ4v) is 4.93. The van der Waals surface area contributed by atoms with Gasteiger partial charge in [0, 0.05) is 38.3 Å². The summed E-state index contributed by atoms with van der Waals surface area (Å²) in [6, 6.07) is 3.73. The summed E-state index contributed by atoms with van der Waals surface area (Å²) in [4.78, 5) is 39.2. The van der Waals surface area contributed by atoms with Crippen LogP contribution in [0.5, 0.6) is 0 Å². The molecule has 0 aliphatic carbocycles. The largest absolute Gasteiger partial charge is 0.356 e. The number of hydrogen-bond donors (Lipinski definition) is 1. The van der Waals surface area contributed by atoms with Crippen LogP contribution in [0.3, 0.4) is 0 Å². The van der Waals surface area contributed by atoms with E-state index in [9.17, 15) is 9.59 Å². The third kappa shape index (κ3) is 5.28. The van der Waals surface area contributed by atoms with Crippen LogP contribution in [0.25, 0.3) is 11.2 Å². The molecule has 8 nitrogen and oxygen atoms in total. The van der Waals surface area contributed by atoms with Crippen LogP contribution in [0, 0.1) is 5.92 Å². The quantitative estimate of drug-likeness (QED) is 0.666. The molecule has 2 saturated heterocycles. The van der Waals surface area contributed by atoms with Gasteiger partial charge in [-0.3, -0.25) is 14.2 Å². The highest BCUT2D eigenvalue weighted by molar-refractivity contribution is 5.79. The van der Waals surface area contributed by atoms with Crippen molar-refractivity contribution in [2.45, 2.75) is 58.4 Å². The maximum atomic E-state index is 13.0. The van der Waals surface area contributed by atoms with E-state index in [1.54, 1.807) is 10.8 Å². The van der Waals surface area contributed by atoms with Gasteiger partial charge in [0.25, 0.3) is 5.56 Å². The molecule has 0 aromatic carbocycles. The minimum Gasteiger partial charge on any atom is -0.356 e. The summed E-state index contributed by atoms with van der Waals surface area (Å²) in [7, 11) is 0. The molecule has 2 aliphatic rings. The Morgan fingerprint density at radius 1 is 1.12 bits per heavy atom. The molecular formula is C24H36N6O2. The van der Waals surface area contributed by atoms with Gasteiger partial charge < -0.3 is 15.1 Å². The van der Waals surface area contributed by atoms with Gasteiger partial charge in [-0.15, -0.1) is 0 Å². The van der Waals surface area contributed by atoms with E-state index < -0.39 is 0 Å². The molecule has 2 aliphatic heterocycles. The molecule has 4 heterocycles. The number of aromatic nitrogens is 3. The first-order valence-electron chi connectivity index (χ1n) is 12.3. The minimum atomic E-state index is -0.102. The van der Waals surface area contributed by atoms with E-state index in [0.717, 1.165) is 37.9 Å². The lowest BCUT2D eigenvalue weighted by molar-refractivity contribution is -0.125. The number of nitrogens with zero attached hydrogens (tertiary/aromatic N) is 5. The van der Waals surface area contributed by atoms with Gasteiger partial charge in [-0.25, -0.2) is 9.97 Å². The Hall–Kier alpha value is -2.48. The normalized spacial score (nSPS) is 18.6. The number of rotatable bonds is 7. The molecule has 2 aromatic rings. The van der Waals surface area contributed by atoms with E-state index in [0.29, 0.717) is 31.1 Å². The smallest absolute Gasteiger partial charge is 0.295 e. The van der Waals surface area contributed by atoms with Crippen molar-refractivity contribution in [2.24, 2.45) is 5.92 Å². The Kier molecular flexibility index (Phi) is 7.73. The highest BCUT2D eigenvalue weighted by Gasteiger charge is 2.27. The summed E-state index contributed by atoms with van der Waals surface area (Å²) in [5.41, 5.74) is 1.25. The number of fused-ring (bicyclic) bond motifs is 1. The van der Waals surface area contributed by atoms with E-state index in [2.05, 4.69) is 20.2 Å². The Morgan fingerprint density at radius 3 is 2.59 bits per heavy atom. The SMILES string of the molecule is CCn1c(=O)c(N2CCC(C(=O)NCCCN3CCCCCC3)CC2)nc2cccnc21. The topological polar surface area (TPSA) is 83.4 Å². The predicted molar refractivity (Wildman–Crippen MR) is 127 cm³/mol. The summed E-state index contributed by atoms with van der Waals surface area (Å²) < 4.78 is 1.68. The van der Waals surface area contributed by atoms with Crippen LogP contribution in [0.1, 0.15) is 51.9 Å². The zero-order valence-corrected chi connectivity index (χ0v) is 19.3. The molecule has 1 amide bonds. The zero-order chi connectivity index (χ0) is 22.3. The Bertz CT molecular complexity index is 959. The molecule has 0 spiro atoms. The summed E-state index contributed by atoms with van der Waals surface area (Å²) in [5, 5.41) is 3.14. The second-order valence-corrected chi connectivity index (χ2v) is 8.99. The van der Waals surface area contributed by atoms with Gasteiger partial charge in [0.15, 0.2) is 11.5 Å². The van der Waals surface area contributed by atoms with Gasteiger partial charge in [0.05, 0.1) is 0 Å². The van der Waals surface area contributed by atoms with Crippen LogP contribution in [0.2, 0.25) is 0 Å². The average molecular weight is 441 g/mol. The number of piperidine rings is 1. The van der Waals surface area contributed by atoms with Gasteiger partial charge in [0.1, 0.15) is 5.52 Å². The van der Waals surface area contributed by atoms with Gasteiger partial charge in [-0.05, 0) is 70.8 Å². The Labute approximate surface area is 190 Å². The average Bonchev–Trinajstić information content (AvgIpc) is 3.10. The van der Waals surface area contributed by atoms with Gasteiger partial charge in [-0.2, -0.15) is 0 Å². The van der Waals surface area contributed by atoms with Crippen LogP contribution >= 0.6 is 0 Å². The first kappa shape index (κ1) is 22.7. The summed E-state index contributed by atoms with van der Waals surface area (Å²) >= 11 is 0. The molecular weight excluding hydrogens is 404 g/mol. The number of likely N-dealkylation sites (tertiary alicyclic amines) is 1. The highest BCUT2D eigenvalue weighted by atomic mass is 16.2.